The average Bonchev–Trinajstić information content (AvgIpc) is 2.55. The van der Waals surface area contributed by atoms with Gasteiger partial charge in [-0.2, -0.15) is 5.10 Å². The third kappa shape index (κ3) is 5.70. The van der Waals surface area contributed by atoms with Crippen molar-refractivity contribution in [3.8, 4) is 5.75 Å². The Morgan fingerprint density at radius 2 is 1.88 bits per heavy atom. The Morgan fingerprint density at radius 3 is 2.52 bits per heavy atom. The van der Waals surface area contributed by atoms with Gasteiger partial charge in [0.1, 0.15) is 11.4 Å². The number of esters is 1. The zero-order valence-corrected chi connectivity index (χ0v) is 14.4. The number of nitrogens with zero attached hydrogens (tertiary/aromatic N) is 1. The van der Waals surface area contributed by atoms with Crippen LogP contribution >= 0.6 is 11.6 Å². The molecule has 2 N–H and O–H groups in total. The number of hydrogen-bond acceptors (Lipinski definition) is 5. The number of amides is 1. The minimum Gasteiger partial charge on any atom is -0.423 e. The Hall–Kier alpha value is -2.70. The molecule has 0 aliphatic carbocycles. The van der Waals surface area contributed by atoms with Crippen LogP contribution in [0.4, 0.5) is 0 Å². The molecule has 0 aromatic heterocycles. The number of aliphatic hydroxyl groups is 1. The van der Waals surface area contributed by atoms with E-state index in [1.165, 1.54) is 20.1 Å². The van der Waals surface area contributed by atoms with Crippen LogP contribution in [0.2, 0.25) is 5.02 Å². The van der Waals surface area contributed by atoms with Gasteiger partial charge in [0, 0.05) is 5.02 Å². The average molecular weight is 361 g/mol. The Bertz CT molecular complexity index is 795. The zero-order chi connectivity index (χ0) is 18.4. The number of ether oxygens (including phenoxy) is 1. The van der Waals surface area contributed by atoms with Crippen molar-refractivity contribution in [2.24, 2.45) is 5.10 Å². The lowest BCUT2D eigenvalue weighted by molar-refractivity contribution is -0.136. The molecule has 0 aliphatic rings. The molecule has 0 bridgehead atoms. The van der Waals surface area contributed by atoms with Crippen molar-refractivity contribution in [3.05, 3.63) is 64.7 Å². The van der Waals surface area contributed by atoms with Crippen molar-refractivity contribution in [2.45, 2.75) is 19.4 Å². The van der Waals surface area contributed by atoms with Crippen molar-refractivity contribution >= 4 is 29.7 Å². The molecule has 0 aliphatic heterocycles. The van der Waals surface area contributed by atoms with E-state index in [-0.39, 0.29) is 0 Å². The fourth-order valence-electron chi connectivity index (χ4n) is 1.71. The van der Waals surface area contributed by atoms with Crippen molar-refractivity contribution in [3.63, 3.8) is 0 Å². The van der Waals surface area contributed by atoms with Crippen LogP contribution in [0.1, 0.15) is 29.8 Å². The second-order valence-corrected chi connectivity index (χ2v) is 6.16. The molecule has 25 heavy (non-hydrogen) atoms. The normalized spacial score (nSPS) is 11.4. The molecule has 0 atom stereocenters. The van der Waals surface area contributed by atoms with E-state index in [1.54, 1.807) is 48.5 Å². The molecule has 1 amide bonds. The fraction of sp³-hybridized carbons (Fsp3) is 0.167. The van der Waals surface area contributed by atoms with Gasteiger partial charge in [-0.05, 0) is 55.8 Å². The molecule has 0 saturated heterocycles. The largest absolute Gasteiger partial charge is 0.423 e. The summed E-state index contributed by atoms with van der Waals surface area (Å²) in [6.07, 6.45) is 1.38. The molecular formula is C18H17ClN2O4. The molecule has 0 spiro atoms. The van der Waals surface area contributed by atoms with Crippen LogP contribution < -0.4 is 10.2 Å². The Labute approximate surface area is 150 Å². The number of halogens is 1. The first-order chi connectivity index (χ1) is 11.8. The number of hydrazone groups is 1. The molecule has 2 aromatic rings. The molecular weight excluding hydrogens is 344 g/mol. The first kappa shape index (κ1) is 18.6. The van der Waals surface area contributed by atoms with Crippen molar-refractivity contribution < 1.29 is 19.4 Å². The highest BCUT2D eigenvalue weighted by Gasteiger charge is 2.22. The van der Waals surface area contributed by atoms with E-state index in [0.717, 1.165) is 0 Å². The summed E-state index contributed by atoms with van der Waals surface area (Å²) in [6, 6.07) is 13.0. The lowest BCUT2D eigenvalue weighted by Crippen LogP contribution is -2.39. The van der Waals surface area contributed by atoms with E-state index in [9.17, 15) is 14.7 Å². The van der Waals surface area contributed by atoms with Gasteiger partial charge in [0.05, 0.1) is 11.8 Å². The fourth-order valence-corrected chi connectivity index (χ4v) is 1.84. The SMILES string of the molecule is CC(C)(O)C(=O)N/N=C/c1cccc(OC(=O)c2ccc(Cl)cc2)c1. The summed E-state index contributed by atoms with van der Waals surface area (Å²) in [5, 5.41) is 13.8. The maximum absolute atomic E-state index is 12.1. The van der Waals surface area contributed by atoms with Gasteiger partial charge in [-0.25, -0.2) is 10.2 Å². The smallest absolute Gasteiger partial charge is 0.343 e. The van der Waals surface area contributed by atoms with Crippen molar-refractivity contribution in [1.82, 2.24) is 5.43 Å². The molecule has 6 nitrogen and oxygen atoms in total. The van der Waals surface area contributed by atoms with Gasteiger partial charge in [0.15, 0.2) is 0 Å². The van der Waals surface area contributed by atoms with Gasteiger partial charge >= 0.3 is 5.97 Å². The van der Waals surface area contributed by atoms with Gasteiger partial charge in [0.2, 0.25) is 0 Å². The summed E-state index contributed by atoms with van der Waals surface area (Å²) in [4.78, 5) is 23.6. The summed E-state index contributed by atoms with van der Waals surface area (Å²) < 4.78 is 5.29. The third-order valence-electron chi connectivity index (χ3n) is 3.08. The number of carbonyl (C=O) groups is 2. The number of nitrogens with one attached hydrogen (secondary N) is 1. The van der Waals surface area contributed by atoms with Crippen molar-refractivity contribution in [1.29, 1.82) is 0 Å². The molecule has 0 saturated carbocycles. The third-order valence-corrected chi connectivity index (χ3v) is 3.34. The topological polar surface area (TPSA) is 88.0 Å². The zero-order valence-electron chi connectivity index (χ0n) is 13.7. The Morgan fingerprint density at radius 1 is 1.20 bits per heavy atom. The molecule has 0 radical (unpaired) electrons. The van der Waals surface area contributed by atoms with Gasteiger partial charge in [-0.1, -0.05) is 23.7 Å². The van der Waals surface area contributed by atoms with Gasteiger partial charge in [-0.15, -0.1) is 0 Å². The monoisotopic (exact) mass is 360 g/mol. The minimum absolute atomic E-state index is 0.331. The maximum Gasteiger partial charge on any atom is 0.343 e. The first-order valence-electron chi connectivity index (χ1n) is 7.39. The second-order valence-electron chi connectivity index (χ2n) is 5.73. The molecule has 2 rings (SSSR count). The maximum atomic E-state index is 12.1. The minimum atomic E-state index is -1.52. The van der Waals surface area contributed by atoms with Gasteiger partial charge in [0.25, 0.3) is 5.91 Å². The number of hydrogen-bond donors (Lipinski definition) is 2. The second kappa shape index (κ2) is 7.92. The van der Waals surface area contributed by atoms with Crippen LogP contribution in [0, 0.1) is 0 Å². The highest BCUT2D eigenvalue weighted by Crippen LogP contribution is 2.16. The number of rotatable bonds is 5. The molecule has 0 fully saturated rings. The summed E-state index contributed by atoms with van der Waals surface area (Å²) in [5.41, 5.74) is 1.69. The standard InChI is InChI=1S/C18H17ClN2O4/c1-18(2,24)17(23)21-20-11-12-4-3-5-15(10-12)25-16(22)13-6-8-14(19)9-7-13/h3-11,24H,1-2H3,(H,21,23)/b20-11+. The van der Waals surface area contributed by atoms with Crippen LogP contribution in [-0.2, 0) is 4.79 Å². The predicted molar refractivity (Wildman–Crippen MR) is 94.9 cm³/mol. The summed E-state index contributed by atoms with van der Waals surface area (Å²) in [7, 11) is 0. The van der Waals surface area contributed by atoms with Crippen LogP contribution in [0.5, 0.6) is 5.75 Å². The highest BCUT2D eigenvalue weighted by molar-refractivity contribution is 6.30. The van der Waals surface area contributed by atoms with Crippen LogP contribution in [0.25, 0.3) is 0 Å². The van der Waals surface area contributed by atoms with Gasteiger partial charge < -0.3 is 9.84 Å². The number of benzene rings is 2. The van der Waals surface area contributed by atoms with E-state index in [2.05, 4.69) is 10.5 Å². The Balaban J connectivity index is 2.02. The van der Waals surface area contributed by atoms with E-state index in [0.29, 0.717) is 21.9 Å². The van der Waals surface area contributed by atoms with E-state index < -0.39 is 17.5 Å². The molecule has 2 aromatic carbocycles. The molecule has 7 heteroatoms. The van der Waals surface area contributed by atoms with Crippen LogP contribution in [-0.4, -0.2) is 28.8 Å². The van der Waals surface area contributed by atoms with E-state index in [1.807, 2.05) is 0 Å². The van der Waals surface area contributed by atoms with E-state index in [4.69, 9.17) is 16.3 Å². The highest BCUT2D eigenvalue weighted by atomic mass is 35.5. The first-order valence-corrected chi connectivity index (χ1v) is 7.77. The molecule has 0 unspecified atom stereocenters. The molecule has 0 heterocycles. The summed E-state index contributed by atoms with van der Waals surface area (Å²) in [5.74, 6) is -0.812. The summed E-state index contributed by atoms with van der Waals surface area (Å²) in [6.45, 7) is 2.71. The van der Waals surface area contributed by atoms with Crippen LogP contribution in [0.15, 0.2) is 53.6 Å². The quantitative estimate of drug-likeness (QED) is 0.371. The lowest BCUT2D eigenvalue weighted by Gasteiger charge is -2.13. The number of carbonyl (C=O) groups excluding carboxylic acids is 2. The Kier molecular flexibility index (Phi) is 5.90. The van der Waals surface area contributed by atoms with Crippen LogP contribution in [0.3, 0.4) is 0 Å². The lowest BCUT2D eigenvalue weighted by atomic mass is 10.1. The predicted octanol–water partition coefficient (Wildman–Crippen LogP) is 2.78. The van der Waals surface area contributed by atoms with Crippen molar-refractivity contribution in [2.75, 3.05) is 0 Å². The van der Waals surface area contributed by atoms with Gasteiger partial charge in [-0.3, -0.25) is 4.79 Å². The molecule has 130 valence electrons. The summed E-state index contributed by atoms with van der Waals surface area (Å²) >= 11 is 5.78. The van der Waals surface area contributed by atoms with E-state index >= 15 is 0 Å².